The van der Waals surface area contributed by atoms with Gasteiger partial charge in [-0.2, -0.15) is 0 Å². The highest BCUT2D eigenvalue weighted by Crippen LogP contribution is 2.18. The van der Waals surface area contributed by atoms with Gasteiger partial charge in [0.1, 0.15) is 0 Å². The second-order valence-electron chi connectivity index (χ2n) is 5.20. The molecule has 1 aliphatic heterocycles. The molecule has 1 aromatic carbocycles. The highest BCUT2D eigenvalue weighted by Gasteiger charge is 2.23. The van der Waals surface area contributed by atoms with Crippen molar-refractivity contribution >= 4 is 17.5 Å². The van der Waals surface area contributed by atoms with E-state index in [1.54, 1.807) is 29.2 Å². The molecule has 0 aromatic heterocycles. The zero-order chi connectivity index (χ0) is 14.5. The number of piperidine rings is 1. The number of nitrogens with zero attached hydrogens (tertiary/aromatic N) is 1. The molecule has 0 bridgehead atoms. The summed E-state index contributed by atoms with van der Waals surface area (Å²) < 4.78 is 0. The van der Waals surface area contributed by atoms with Crippen LogP contribution in [0.5, 0.6) is 0 Å². The van der Waals surface area contributed by atoms with E-state index in [1.165, 1.54) is 6.92 Å². The van der Waals surface area contributed by atoms with Crippen LogP contribution in [0.25, 0.3) is 0 Å². The Balaban J connectivity index is 2.00. The number of carbonyl (C=O) groups excluding carboxylic acids is 2. The van der Waals surface area contributed by atoms with Gasteiger partial charge in [-0.1, -0.05) is 12.1 Å². The second kappa shape index (κ2) is 6.52. The Morgan fingerprint density at radius 3 is 2.95 bits per heavy atom. The summed E-state index contributed by atoms with van der Waals surface area (Å²) in [6, 6.07) is 6.73. The third-order valence-electron chi connectivity index (χ3n) is 3.58. The van der Waals surface area contributed by atoms with E-state index in [0.717, 1.165) is 12.8 Å². The molecule has 5 heteroatoms. The number of carbonyl (C=O) groups is 2. The molecule has 2 amide bonds. The van der Waals surface area contributed by atoms with Gasteiger partial charge in [-0.25, -0.2) is 4.79 Å². The van der Waals surface area contributed by atoms with Crippen LogP contribution in [0.3, 0.4) is 0 Å². The predicted octanol–water partition coefficient (Wildman–Crippen LogP) is 2.13. The lowest BCUT2D eigenvalue weighted by Gasteiger charge is -2.31. The first kappa shape index (κ1) is 14.5. The Kier molecular flexibility index (Phi) is 4.74. The molecule has 1 aromatic rings. The quantitative estimate of drug-likeness (QED) is 0.831. The van der Waals surface area contributed by atoms with E-state index in [-0.39, 0.29) is 24.3 Å². The number of rotatable bonds is 3. The van der Waals surface area contributed by atoms with Gasteiger partial charge in [-0.3, -0.25) is 4.79 Å². The highest BCUT2D eigenvalue weighted by atomic mass is 16.3. The van der Waals surface area contributed by atoms with Crippen molar-refractivity contribution in [2.75, 3.05) is 25.0 Å². The fourth-order valence-corrected chi connectivity index (χ4v) is 2.42. The van der Waals surface area contributed by atoms with Crippen molar-refractivity contribution < 1.29 is 14.7 Å². The fourth-order valence-electron chi connectivity index (χ4n) is 2.42. The van der Waals surface area contributed by atoms with Crippen LogP contribution in [0.2, 0.25) is 0 Å². The normalized spacial score (nSPS) is 18.7. The summed E-state index contributed by atoms with van der Waals surface area (Å²) in [5.41, 5.74) is 1.20. The van der Waals surface area contributed by atoms with Gasteiger partial charge in [0.05, 0.1) is 0 Å². The molecule has 1 saturated heterocycles. The molecule has 2 N–H and O–H groups in total. The largest absolute Gasteiger partial charge is 0.396 e. The monoisotopic (exact) mass is 276 g/mol. The van der Waals surface area contributed by atoms with Gasteiger partial charge in [-0.15, -0.1) is 0 Å². The van der Waals surface area contributed by atoms with Gasteiger partial charge < -0.3 is 15.3 Å². The second-order valence-corrected chi connectivity index (χ2v) is 5.20. The number of aliphatic hydroxyl groups excluding tert-OH is 1. The minimum Gasteiger partial charge on any atom is -0.396 e. The number of hydrogen-bond donors (Lipinski definition) is 2. The molecular weight excluding hydrogens is 256 g/mol. The molecule has 0 spiro atoms. The molecule has 0 radical (unpaired) electrons. The van der Waals surface area contributed by atoms with E-state index in [2.05, 4.69) is 5.32 Å². The van der Waals surface area contributed by atoms with Gasteiger partial charge >= 0.3 is 6.03 Å². The molecule has 0 unspecified atom stereocenters. The van der Waals surface area contributed by atoms with Crippen LogP contribution in [-0.4, -0.2) is 41.5 Å². The lowest BCUT2D eigenvalue weighted by atomic mass is 9.99. The Morgan fingerprint density at radius 2 is 2.25 bits per heavy atom. The van der Waals surface area contributed by atoms with Crippen molar-refractivity contribution in [3.05, 3.63) is 29.8 Å². The van der Waals surface area contributed by atoms with Crippen LogP contribution in [0.1, 0.15) is 30.1 Å². The Labute approximate surface area is 118 Å². The molecule has 1 fully saturated rings. The zero-order valence-corrected chi connectivity index (χ0v) is 11.6. The standard InChI is InChI=1S/C15H20N2O3/c1-11(19)13-5-2-6-14(8-13)16-15(20)17-7-3-4-12(9-17)10-18/h2,5-6,8,12,18H,3-4,7,9-10H2,1H3,(H,16,20)/t12-/m0/s1. The van der Waals surface area contributed by atoms with Gasteiger partial charge in [0, 0.05) is 30.9 Å². The third-order valence-corrected chi connectivity index (χ3v) is 3.58. The maximum absolute atomic E-state index is 12.2. The first-order chi connectivity index (χ1) is 9.60. The molecule has 0 saturated carbocycles. The summed E-state index contributed by atoms with van der Waals surface area (Å²) in [4.78, 5) is 25.2. The van der Waals surface area contributed by atoms with Crippen molar-refractivity contribution in [2.45, 2.75) is 19.8 Å². The smallest absolute Gasteiger partial charge is 0.321 e. The van der Waals surface area contributed by atoms with E-state index < -0.39 is 0 Å². The van der Waals surface area contributed by atoms with Crippen molar-refractivity contribution in [1.29, 1.82) is 0 Å². The number of anilines is 1. The maximum Gasteiger partial charge on any atom is 0.321 e. The third kappa shape index (κ3) is 3.57. The van der Waals surface area contributed by atoms with E-state index in [4.69, 9.17) is 0 Å². The Morgan fingerprint density at radius 1 is 1.45 bits per heavy atom. The maximum atomic E-state index is 12.2. The number of nitrogens with one attached hydrogen (secondary N) is 1. The van der Waals surface area contributed by atoms with E-state index in [0.29, 0.717) is 24.3 Å². The number of likely N-dealkylation sites (tertiary alicyclic amines) is 1. The fraction of sp³-hybridized carbons (Fsp3) is 0.467. The van der Waals surface area contributed by atoms with E-state index >= 15 is 0 Å². The summed E-state index contributed by atoms with van der Waals surface area (Å²) in [5.74, 6) is 0.137. The molecule has 1 aliphatic rings. The minimum atomic E-state index is -0.177. The number of ketones is 1. The first-order valence-electron chi connectivity index (χ1n) is 6.88. The van der Waals surface area contributed by atoms with Crippen LogP contribution in [0.15, 0.2) is 24.3 Å². The molecule has 108 valence electrons. The molecule has 0 aliphatic carbocycles. The summed E-state index contributed by atoms with van der Waals surface area (Å²) in [7, 11) is 0. The summed E-state index contributed by atoms with van der Waals surface area (Å²) in [6.07, 6.45) is 1.87. The Bertz CT molecular complexity index is 502. The lowest BCUT2D eigenvalue weighted by Crippen LogP contribution is -2.43. The van der Waals surface area contributed by atoms with Crippen molar-refractivity contribution in [3.63, 3.8) is 0 Å². The van der Waals surface area contributed by atoms with Crippen molar-refractivity contribution in [3.8, 4) is 0 Å². The van der Waals surface area contributed by atoms with Crippen LogP contribution in [0.4, 0.5) is 10.5 Å². The summed E-state index contributed by atoms with van der Waals surface area (Å²) in [6.45, 7) is 2.89. The lowest BCUT2D eigenvalue weighted by molar-refractivity contribution is 0.101. The first-order valence-corrected chi connectivity index (χ1v) is 6.88. The Hall–Kier alpha value is -1.88. The number of hydrogen-bond acceptors (Lipinski definition) is 3. The molecule has 20 heavy (non-hydrogen) atoms. The van der Waals surface area contributed by atoms with Crippen LogP contribution in [0, 0.1) is 5.92 Å². The molecule has 2 rings (SSSR count). The predicted molar refractivity (Wildman–Crippen MR) is 76.8 cm³/mol. The zero-order valence-electron chi connectivity index (χ0n) is 11.6. The number of benzene rings is 1. The van der Waals surface area contributed by atoms with Crippen LogP contribution in [-0.2, 0) is 0 Å². The minimum absolute atomic E-state index is 0.0283. The van der Waals surface area contributed by atoms with Crippen LogP contribution < -0.4 is 5.32 Å². The average molecular weight is 276 g/mol. The summed E-state index contributed by atoms with van der Waals surface area (Å²) >= 11 is 0. The number of urea groups is 1. The van der Waals surface area contributed by atoms with Gasteiger partial charge in [0.15, 0.2) is 5.78 Å². The highest BCUT2D eigenvalue weighted by molar-refractivity contribution is 5.96. The van der Waals surface area contributed by atoms with E-state index in [9.17, 15) is 14.7 Å². The number of Topliss-reactive ketones (excluding diaryl/α,β-unsaturated/α-hetero) is 1. The molecule has 5 nitrogen and oxygen atoms in total. The molecule has 1 heterocycles. The van der Waals surface area contributed by atoms with Crippen LogP contribution >= 0.6 is 0 Å². The van der Waals surface area contributed by atoms with Gasteiger partial charge in [0.25, 0.3) is 0 Å². The number of amides is 2. The summed E-state index contributed by atoms with van der Waals surface area (Å²) in [5, 5.41) is 12.0. The number of aliphatic hydroxyl groups is 1. The topological polar surface area (TPSA) is 69.6 Å². The average Bonchev–Trinajstić information content (AvgIpc) is 2.47. The van der Waals surface area contributed by atoms with Gasteiger partial charge in [0.2, 0.25) is 0 Å². The van der Waals surface area contributed by atoms with Crippen molar-refractivity contribution in [2.24, 2.45) is 5.92 Å². The van der Waals surface area contributed by atoms with Gasteiger partial charge in [-0.05, 0) is 37.8 Å². The molecule has 1 atom stereocenters. The van der Waals surface area contributed by atoms with E-state index in [1.807, 2.05) is 0 Å². The SMILES string of the molecule is CC(=O)c1cccc(NC(=O)N2CCC[C@H](CO)C2)c1. The van der Waals surface area contributed by atoms with Crippen molar-refractivity contribution in [1.82, 2.24) is 4.90 Å². The molecular formula is C15H20N2O3.